The number of carbonyl (C=O) groups excluding carboxylic acids is 2. The summed E-state index contributed by atoms with van der Waals surface area (Å²) in [6.45, 7) is 3.17. The third kappa shape index (κ3) is 2.80. The van der Waals surface area contributed by atoms with Gasteiger partial charge in [-0.15, -0.1) is 0 Å². The van der Waals surface area contributed by atoms with Crippen molar-refractivity contribution in [3.63, 3.8) is 0 Å². The fourth-order valence-electron chi connectivity index (χ4n) is 3.89. The first kappa shape index (κ1) is 14.8. The van der Waals surface area contributed by atoms with Crippen molar-refractivity contribution in [3.8, 4) is 0 Å². The predicted octanol–water partition coefficient (Wildman–Crippen LogP) is 1.61. The number of nitrogens with one attached hydrogen (secondary N) is 1. The van der Waals surface area contributed by atoms with Gasteiger partial charge in [0, 0.05) is 13.2 Å². The molecule has 118 valence electrons. The van der Waals surface area contributed by atoms with Gasteiger partial charge in [0.25, 0.3) is 0 Å². The monoisotopic (exact) mass is 294 g/mol. The summed E-state index contributed by atoms with van der Waals surface area (Å²) >= 11 is 0. The minimum atomic E-state index is -0.628. The van der Waals surface area contributed by atoms with Crippen molar-refractivity contribution in [2.45, 2.75) is 76.0 Å². The fraction of sp³-hybridized carbons (Fsp3) is 0.875. The van der Waals surface area contributed by atoms with E-state index in [1.165, 1.54) is 0 Å². The zero-order valence-corrected chi connectivity index (χ0v) is 12.9. The lowest BCUT2D eigenvalue weighted by atomic mass is 9.78. The minimum absolute atomic E-state index is 0.00712. The predicted molar refractivity (Wildman–Crippen MR) is 78.7 cm³/mol. The first-order valence-corrected chi connectivity index (χ1v) is 8.37. The quantitative estimate of drug-likeness (QED) is 0.841. The second-order valence-electron chi connectivity index (χ2n) is 6.75. The molecule has 2 heterocycles. The largest absolute Gasteiger partial charge is 0.376 e. The zero-order valence-electron chi connectivity index (χ0n) is 12.9. The zero-order chi connectivity index (χ0) is 14.9. The molecule has 2 saturated heterocycles. The van der Waals surface area contributed by atoms with Crippen LogP contribution in [0, 0.1) is 0 Å². The minimum Gasteiger partial charge on any atom is -0.376 e. The van der Waals surface area contributed by atoms with Crippen LogP contribution in [0.15, 0.2) is 0 Å². The van der Waals surface area contributed by atoms with Crippen LogP contribution in [0.5, 0.6) is 0 Å². The Balaban J connectivity index is 1.76. The van der Waals surface area contributed by atoms with Crippen molar-refractivity contribution in [3.05, 3.63) is 0 Å². The van der Waals surface area contributed by atoms with Crippen molar-refractivity contribution in [2.75, 3.05) is 13.2 Å². The molecular formula is C16H26N2O3. The summed E-state index contributed by atoms with van der Waals surface area (Å²) in [5.41, 5.74) is -0.628. The first-order valence-electron chi connectivity index (χ1n) is 8.37. The summed E-state index contributed by atoms with van der Waals surface area (Å²) in [7, 11) is 0. The van der Waals surface area contributed by atoms with Crippen molar-refractivity contribution in [1.29, 1.82) is 0 Å². The lowest BCUT2D eigenvalue weighted by Crippen LogP contribution is -2.71. The number of hydrogen-bond donors (Lipinski definition) is 1. The molecule has 2 atom stereocenters. The third-order valence-electron chi connectivity index (χ3n) is 5.26. The summed E-state index contributed by atoms with van der Waals surface area (Å²) in [5, 5.41) is 3.03. The number of carbonyl (C=O) groups is 2. The molecule has 3 fully saturated rings. The van der Waals surface area contributed by atoms with Gasteiger partial charge < -0.3 is 15.0 Å². The Morgan fingerprint density at radius 3 is 2.62 bits per heavy atom. The summed E-state index contributed by atoms with van der Waals surface area (Å²) in [6.07, 6.45) is 8.11. The Bertz CT molecular complexity index is 412. The summed E-state index contributed by atoms with van der Waals surface area (Å²) < 4.78 is 5.76. The normalized spacial score (nSPS) is 33.1. The average Bonchev–Trinajstić information content (AvgIpc) is 2.52. The van der Waals surface area contributed by atoms with Crippen LogP contribution < -0.4 is 5.32 Å². The maximum absolute atomic E-state index is 13.0. The van der Waals surface area contributed by atoms with Crippen LogP contribution in [-0.4, -0.2) is 47.6 Å². The summed E-state index contributed by atoms with van der Waals surface area (Å²) in [4.78, 5) is 27.1. The van der Waals surface area contributed by atoms with Gasteiger partial charge in [0.15, 0.2) is 0 Å². The van der Waals surface area contributed by atoms with Gasteiger partial charge in [0.1, 0.15) is 11.6 Å². The molecule has 3 rings (SSSR count). The molecule has 21 heavy (non-hydrogen) atoms. The first-order chi connectivity index (χ1) is 10.1. The topological polar surface area (TPSA) is 58.6 Å². The Morgan fingerprint density at radius 1 is 1.19 bits per heavy atom. The van der Waals surface area contributed by atoms with Gasteiger partial charge in [0.2, 0.25) is 11.8 Å². The van der Waals surface area contributed by atoms with E-state index in [4.69, 9.17) is 4.74 Å². The third-order valence-corrected chi connectivity index (χ3v) is 5.26. The Kier molecular flexibility index (Phi) is 4.20. The standard InChI is InChI=1S/C16H26N2O3/c1-12-14(19)17-16(8-4-2-5-9-16)15(20)18(12)11-13-7-3-6-10-21-13/h12-13H,2-11H2,1H3,(H,17,19). The molecule has 0 aromatic rings. The highest BCUT2D eigenvalue weighted by Gasteiger charge is 2.50. The van der Waals surface area contributed by atoms with Crippen LogP contribution in [0.2, 0.25) is 0 Å². The number of nitrogens with zero attached hydrogens (tertiary/aromatic N) is 1. The number of ether oxygens (including phenoxy) is 1. The molecule has 0 aromatic carbocycles. The molecule has 2 unspecified atom stereocenters. The van der Waals surface area contributed by atoms with E-state index in [1.54, 1.807) is 4.90 Å². The van der Waals surface area contributed by atoms with E-state index in [-0.39, 0.29) is 24.0 Å². The number of piperazine rings is 1. The van der Waals surface area contributed by atoms with Gasteiger partial charge >= 0.3 is 0 Å². The van der Waals surface area contributed by atoms with Crippen LogP contribution in [0.1, 0.15) is 58.3 Å². The van der Waals surface area contributed by atoms with E-state index in [2.05, 4.69) is 5.32 Å². The summed E-state index contributed by atoms with van der Waals surface area (Å²) in [5.74, 6) is 0.107. The van der Waals surface area contributed by atoms with Crippen molar-refractivity contribution in [2.24, 2.45) is 0 Å². The van der Waals surface area contributed by atoms with Crippen LogP contribution in [0.25, 0.3) is 0 Å². The van der Waals surface area contributed by atoms with E-state index < -0.39 is 5.54 Å². The highest BCUT2D eigenvalue weighted by atomic mass is 16.5. The highest BCUT2D eigenvalue weighted by molar-refractivity contribution is 5.99. The van der Waals surface area contributed by atoms with Crippen LogP contribution in [-0.2, 0) is 14.3 Å². The van der Waals surface area contributed by atoms with E-state index >= 15 is 0 Å². The molecule has 0 bridgehead atoms. The maximum Gasteiger partial charge on any atom is 0.249 e. The molecular weight excluding hydrogens is 268 g/mol. The van der Waals surface area contributed by atoms with Gasteiger partial charge in [-0.2, -0.15) is 0 Å². The van der Waals surface area contributed by atoms with Gasteiger partial charge in [-0.3, -0.25) is 9.59 Å². The Morgan fingerprint density at radius 2 is 1.95 bits per heavy atom. The fourth-order valence-corrected chi connectivity index (χ4v) is 3.89. The molecule has 5 heteroatoms. The number of hydrogen-bond acceptors (Lipinski definition) is 3. The Hall–Kier alpha value is -1.10. The van der Waals surface area contributed by atoms with Crippen molar-refractivity contribution in [1.82, 2.24) is 10.2 Å². The molecule has 2 amide bonds. The van der Waals surface area contributed by atoms with Gasteiger partial charge in [-0.25, -0.2) is 0 Å². The molecule has 3 aliphatic rings. The molecule has 1 aliphatic carbocycles. The molecule has 2 aliphatic heterocycles. The average molecular weight is 294 g/mol. The molecule has 1 N–H and O–H groups in total. The van der Waals surface area contributed by atoms with Crippen molar-refractivity contribution < 1.29 is 14.3 Å². The van der Waals surface area contributed by atoms with E-state index in [1.807, 2.05) is 6.92 Å². The molecule has 1 saturated carbocycles. The molecule has 1 spiro atoms. The molecule has 0 radical (unpaired) electrons. The lowest BCUT2D eigenvalue weighted by molar-refractivity contribution is -0.158. The van der Waals surface area contributed by atoms with E-state index in [0.29, 0.717) is 6.54 Å². The molecule has 0 aromatic heterocycles. The molecule has 5 nitrogen and oxygen atoms in total. The van der Waals surface area contributed by atoms with Crippen LogP contribution in [0.4, 0.5) is 0 Å². The van der Waals surface area contributed by atoms with E-state index in [0.717, 1.165) is 58.0 Å². The maximum atomic E-state index is 13.0. The number of amides is 2. The SMILES string of the molecule is CC1C(=O)NC2(CCCCC2)C(=O)N1CC1CCCCO1. The Labute approximate surface area is 126 Å². The van der Waals surface area contributed by atoms with Crippen LogP contribution in [0.3, 0.4) is 0 Å². The second-order valence-corrected chi connectivity index (χ2v) is 6.75. The lowest BCUT2D eigenvalue weighted by Gasteiger charge is -2.47. The van der Waals surface area contributed by atoms with Crippen LogP contribution >= 0.6 is 0 Å². The van der Waals surface area contributed by atoms with Gasteiger partial charge in [0.05, 0.1) is 6.10 Å². The number of rotatable bonds is 2. The second kappa shape index (κ2) is 5.95. The van der Waals surface area contributed by atoms with E-state index in [9.17, 15) is 9.59 Å². The van der Waals surface area contributed by atoms with Gasteiger partial charge in [-0.05, 0) is 39.0 Å². The highest BCUT2D eigenvalue weighted by Crippen LogP contribution is 2.33. The van der Waals surface area contributed by atoms with Crippen molar-refractivity contribution >= 4 is 11.8 Å². The smallest absolute Gasteiger partial charge is 0.249 e. The summed E-state index contributed by atoms with van der Waals surface area (Å²) in [6, 6.07) is -0.379. The van der Waals surface area contributed by atoms with Gasteiger partial charge in [-0.1, -0.05) is 19.3 Å².